The first-order valence-corrected chi connectivity index (χ1v) is 10.3. The fourth-order valence-corrected chi connectivity index (χ4v) is 4.46. The van der Waals surface area contributed by atoms with E-state index in [2.05, 4.69) is 0 Å². The molecule has 0 heterocycles. The van der Waals surface area contributed by atoms with E-state index in [0.717, 1.165) is 23.3 Å². The number of aryl methyl sites for hydroxylation is 1. The van der Waals surface area contributed by atoms with E-state index in [1.807, 2.05) is 0 Å². The Bertz CT molecular complexity index is 1210. The van der Waals surface area contributed by atoms with Crippen molar-refractivity contribution >= 4 is 11.8 Å². The zero-order valence-corrected chi connectivity index (χ0v) is 17.4. The normalized spacial score (nSPS) is 16.0. The molecule has 0 aliphatic heterocycles. The second-order valence-electron chi connectivity index (χ2n) is 8.17. The topological polar surface area (TPSA) is 54.4 Å². The molecule has 0 aromatic heterocycles. The van der Waals surface area contributed by atoms with Crippen LogP contribution < -0.4 is 0 Å². The van der Waals surface area contributed by atoms with E-state index < -0.39 is 17.7 Å². The average Bonchev–Trinajstić information content (AvgIpc) is 2.75. The number of alkyl halides is 3. The van der Waals surface area contributed by atoms with Crippen molar-refractivity contribution in [1.29, 1.82) is 0 Å². The molecule has 0 saturated heterocycles. The van der Waals surface area contributed by atoms with Crippen molar-refractivity contribution in [2.24, 2.45) is 5.92 Å². The molecular formula is C26H21F3O3. The molecule has 164 valence electrons. The Morgan fingerprint density at radius 2 is 1.75 bits per heavy atom. The molecule has 0 radical (unpaired) electrons. The number of ketones is 1. The fraction of sp³-hybridized carbons (Fsp3) is 0.231. The van der Waals surface area contributed by atoms with E-state index in [1.54, 1.807) is 49.4 Å². The van der Waals surface area contributed by atoms with Crippen molar-refractivity contribution in [3.8, 4) is 11.1 Å². The lowest BCUT2D eigenvalue weighted by Gasteiger charge is -2.26. The standard InChI is InChI=1S/C26H21F3O3/c1-15-12-16(8-10-20(15)25(31)32)13-18-9-11-22-21(6-3-7-23(22)24(18)30)17-4-2-5-19(14-17)26(27,28)29/h2-8,10,12,14,18H,9,11,13H2,1H3,(H,31,32). The van der Waals surface area contributed by atoms with Gasteiger partial charge in [0.05, 0.1) is 11.1 Å². The molecule has 3 aromatic carbocycles. The highest BCUT2D eigenvalue weighted by atomic mass is 19.4. The molecule has 0 saturated carbocycles. The molecule has 0 bridgehead atoms. The Morgan fingerprint density at radius 3 is 2.44 bits per heavy atom. The molecule has 0 fully saturated rings. The molecular weight excluding hydrogens is 417 g/mol. The lowest BCUT2D eigenvalue weighted by Crippen LogP contribution is -2.25. The van der Waals surface area contributed by atoms with Gasteiger partial charge in [0, 0.05) is 11.5 Å². The van der Waals surface area contributed by atoms with E-state index in [1.165, 1.54) is 6.07 Å². The van der Waals surface area contributed by atoms with Gasteiger partial charge in [0.15, 0.2) is 5.78 Å². The van der Waals surface area contributed by atoms with Gasteiger partial charge in [-0.1, -0.05) is 42.5 Å². The number of benzene rings is 3. The molecule has 1 unspecified atom stereocenters. The third-order valence-corrected chi connectivity index (χ3v) is 6.06. The Balaban J connectivity index is 1.63. The van der Waals surface area contributed by atoms with Crippen molar-refractivity contribution in [2.75, 3.05) is 0 Å². The van der Waals surface area contributed by atoms with Gasteiger partial charge < -0.3 is 5.11 Å². The third kappa shape index (κ3) is 4.17. The lowest BCUT2D eigenvalue weighted by atomic mass is 9.77. The van der Waals surface area contributed by atoms with Crippen molar-refractivity contribution in [2.45, 2.75) is 32.4 Å². The summed E-state index contributed by atoms with van der Waals surface area (Å²) in [6.07, 6.45) is -2.77. The maximum atomic E-state index is 13.2. The van der Waals surface area contributed by atoms with Gasteiger partial charge in [-0.25, -0.2) is 4.79 Å². The summed E-state index contributed by atoms with van der Waals surface area (Å²) in [7, 11) is 0. The lowest BCUT2D eigenvalue weighted by molar-refractivity contribution is -0.137. The van der Waals surface area contributed by atoms with Crippen LogP contribution in [0.1, 0.15) is 49.4 Å². The van der Waals surface area contributed by atoms with Crippen LogP contribution in [-0.2, 0) is 19.0 Å². The van der Waals surface area contributed by atoms with E-state index in [4.69, 9.17) is 0 Å². The van der Waals surface area contributed by atoms with Gasteiger partial charge in [-0.2, -0.15) is 13.2 Å². The van der Waals surface area contributed by atoms with Crippen LogP contribution in [0, 0.1) is 12.8 Å². The maximum Gasteiger partial charge on any atom is 0.416 e. The highest BCUT2D eigenvalue weighted by Gasteiger charge is 2.32. The molecule has 1 atom stereocenters. The van der Waals surface area contributed by atoms with Gasteiger partial charge in [0.2, 0.25) is 0 Å². The van der Waals surface area contributed by atoms with Crippen LogP contribution in [0.25, 0.3) is 11.1 Å². The zero-order chi connectivity index (χ0) is 23.0. The van der Waals surface area contributed by atoms with Crippen LogP contribution >= 0.6 is 0 Å². The molecule has 6 heteroatoms. The smallest absolute Gasteiger partial charge is 0.416 e. The monoisotopic (exact) mass is 438 g/mol. The van der Waals surface area contributed by atoms with Crippen LogP contribution in [0.2, 0.25) is 0 Å². The number of rotatable bonds is 4. The maximum absolute atomic E-state index is 13.2. The summed E-state index contributed by atoms with van der Waals surface area (Å²) in [6, 6.07) is 15.5. The zero-order valence-electron chi connectivity index (χ0n) is 17.4. The highest BCUT2D eigenvalue weighted by molar-refractivity contribution is 6.02. The number of aromatic carboxylic acids is 1. The van der Waals surface area contributed by atoms with Gasteiger partial charge in [-0.05, 0) is 72.2 Å². The Morgan fingerprint density at radius 1 is 1.03 bits per heavy atom. The second kappa shape index (κ2) is 8.26. The number of hydrogen-bond acceptors (Lipinski definition) is 2. The number of fused-ring (bicyclic) bond motifs is 1. The quantitative estimate of drug-likeness (QED) is 0.515. The molecule has 0 spiro atoms. The summed E-state index contributed by atoms with van der Waals surface area (Å²) in [5, 5.41) is 9.19. The van der Waals surface area contributed by atoms with E-state index in [0.29, 0.717) is 41.5 Å². The first kappa shape index (κ1) is 21.8. The van der Waals surface area contributed by atoms with Crippen molar-refractivity contribution in [3.05, 3.63) is 94.0 Å². The molecule has 1 aliphatic rings. The van der Waals surface area contributed by atoms with Crippen LogP contribution in [0.4, 0.5) is 13.2 Å². The van der Waals surface area contributed by atoms with Crippen LogP contribution in [0.5, 0.6) is 0 Å². The van der Waals surface area contributed by atoms with Gasteiger partial charge in [0.25, 0.3) is 0 Å². The summed E-state index contributed by atoms with van der Waals surface area (Å²) in [5.41, 5.74) is 3.49. The predicted octanol–water partition coefficient (Wildman–Crippen LogP) is 6.37. The summed E-state index contributed by atoms with van der Waals surface area (Å²) in [4.78, 5) is 24.4. The number of carboxylic acids is 1. The van der Waals surface area contributed by atoms with Crippen LogP contribution in [-0.4, -0.2) is 16.9 Å². The summed E-state index contributed by atoms with van der Waals surface area (Å²) in [6.45, 7) is 1.73. The Hall–Kier alpha value is -3.41. The Kier molecular flexibility index (Phi) is 5.63. The minimum Gasteiger partial charge on any atom is -0.478 e. The number of carbonyl (C=O) groups is 2. The summed E-state index contributed by atoms with van der Waals surface area (Å²) >= 11 is 0. The van der Waals surface area contributed by atoms with E-state index >= 15 is 0 Å². The largest absolute Gasteiger partial charge is 0.478 e. The minimum absolute atomic E-state index is 0.0277. The number of hydrogen-bond donors (Lipinski definition) is 1. The predicted molar refractivity (Wildman–Crippen MR) is 115 cm³/mol. The number of carboxylic acid groups (broad SMARTS) is 1. The fourth-order valence-electron chi connectivity index (χ4n) is 4.46. The Labute approximate surface area is 183 Å². The number of carbonyl (C=O) groups excluding carboxylic acids is 1. The SMILES string of the molecule is Cc1cc(CC2CCc3c(cccc3-c3cccc(C(F)(F)F)c3)C2=O)ccc1C(=O)O. The van der Waals surface area contributed by atoms with Crippen molar-refractivity contribution in [1.82, 2.24) is 0 Å². The second-order valence-corrected chi connectivity index (χ2v) is 8.17. The number of halogens is 3. The first-order valence-electron chi connectivity index (χ1n) is 10.3. The van der Waals surface area contributed by atoms with E-state index in [-0.39, 0.29) is 17.3 Å². The summed E-state index contributed by atoms with van der Waals surface area (Å²) in [5.74, 6) is -1.27. The summed E-state index contributed by atoms with van der Waals surface area (Å²) < 4.78 is 39.5. The molecule has 3 aromatic rings. The third-order valence-electron chi connectivity index (χ3n) is 6.06. The van der Waals surface area contributed by atoms with Crippen molar-refractivity contribution in [3.63, 3.8) is 0 Å². The van der Waals surface area contributed by atoms with Crippen LogP contribution in [0.3, 0.4) is 0 Å². The van der Waals surface area contributed by atoms with Gasteiger partial charge in [0.1, 0.15) is 0 Å². The van der Waals surface area contributed by atoms with Crippen LogP contribution in [0.15, 0.2) is 60.7 Å². The average molecular weight is 438 g/mol. The van der Waals surface area contributed by atoms with Gasteiger partial charge in [-0.3, -0.25) is 4.79 Å². The molecule has 4 rings (SSSR count). The van der Waals surface area contributed by atoms with Gasteiger partial charge in [-0.15, -0.1) is 0 Å². The molecule has 3 nitrogen and oxygen atoms in total. The first-order chi connectivity index (χ1) is 15.1. The van der Waals surface area contributed by atoms with E-state index in [9.17, 15) is 27.9 Å². The molecule has 0 amide bonds. The highest BCUT2D eigenvalue weighted by Crippen LogP contribution is 2.37. The van der Waals surface area contributed by atoms with Crippen molar-refractivity contribution < 1.29 is 27.9 Å². The number of Topliss-reactive ketones (excluding diaryl/α,β-unsaturated/α-hetero) is 1. The molecule has 1 N–H and O–H groups in total. The molecule has 32 heavy (non-hydrogen) atoms. The van der Waals surface area contributed by atoms with Gasteiger partial charge >= 0.3 is 12.1 Å². The minimum atomic E-state index is -4.43. The molecule has 1 aliphatic carbocycles.